The molecule has 0 aliphatic carbocycles. The second-order valence-corrected chi connectivity index (χ2v) is 6.28. The summed E-state index contributed by atoms with van der Waals surface area (Å²) in [6.45, 7) is 2.03. The fraction of sp³-hybridized carbons (Fsp3) is 0.400. The monoisotopic (exact) mass is 274 g/mol. The van der Waals surface area contributed by atoms with Gasteiger partial charge in [0, 0.05) is 25.3 Å². The zero-order valence-electron chi connectivity index (χ0n) is 11.3. The van der Waals surface area contributed by atoms with E-state index in [2.05, 4.69) is 23.5 Å². The summed E-state index contributed by atoms with van der Waals surface area (Å²) in [6.07, 6.45) is 1.12. The Morgan fingerprint density at radius 2 is 2.16 bits per heavy atom. The molecule has 1 aromatic carbocycles. The second kappa shape index (κ2) is 4.94. The van der Waals surface area contributed by atoms with Crippen LogP contribution in [0.5, 0.6) is 0 Å². The highest BCUT2D eigenvalue weighted by Gasteiger charge is 2.27. The molecule has 0 unspecified atom stereocenters. The molecule has 1 aliphatic heterocycles. The number of thiophene rings is 1. The molecule has 0 spiro atoms. The molecule has 2 aromatic rings. The topological polar surface area (TPSA) is 32.3 Å². The maximum absolute atomic E-state index is 12.4. The van der Waals surface area contributed by atoms with Crippen molar-refractivity contribution in [1.29, 1.82) is 0 Å². The molecular formula is C15H18N2OS. The van der Waals surface area contributed by atoms with Gasteiger partial charge in [-0.05, 0) is 35.9 Å². The molecule has 0 saturated carbocycles. The van der Waals surface area contributed by atoms with E-state index in [9.17, 15) is 4.79 Å². The minimum Gasteiger partial charge on any atom is -0.344 e. The van der Waals surface area contributed by atoms with Crippen LogP contribution in [0, 0.1) is 0 Å². The summed E-state index contributed by atoms with van der Waals surface area (Å²) in [5.41, 5.74) is 1.25. The molecule has 1 aromatic heterocycles. The van der Waals surface area contributed by atoms with Gasteiger partial charge >= 0.3 is 0 Å². The van der Waals surface area contributed by atoms with Gasteiger partial charge < -0.3 is 10.2 Å². The zero-order chi connectivity index (χ0) is 13.4. The molecular weight excluding hydrogens is 256 g/mol. The van der Waals surface area contributed by atoms with E-state index in [0.717, 1.165) is 24.4 Å². The second-order valence-electron chi connectivity index (χ2n) is 5.23. The number of hydrogen-bond donors (Lipinski definition) is 1. The summed E-state index contributed by atoms with van der Waals surface area (Å²) in [5, 5.41) is 4.66. The van der Waals surface area contributed by atoms with E-state index in [1.165, 1.54) is 15.6 Å². The van der Waals surface area contributed by atoms with Crippen LogP contribution in [0.25, 0.3) is 10.1 Å². The first-order chi connectivity index (χ1) is 9.18. The normalized spacial score (nSPS) is 18.9. The molecule has 4 heteroatoms. The minimum atomic E-state index is 0.128. The third kappa shape index (κ3) is 2.15. The molecule has 1 saturated heterocycles. The van der Waals surface area contributed by atoms with Crippen molar-refractivity contribution in [2.75, 3.05) is 27.2 Å². The van der Waals surface area contributed by atoms with E-state index in [0.29, 0.717) is 5.92 Å². The van der Waals surface area contributed by atoms with Crippen LogP contribution in [-0.2, 0) is 0 Å². The number of carbonyl (C=O) groups is 1. The number of fused-ring (bicyclic) bond motifs is 1. The third-order valence-corrected chi connectivity index (χ3v) is 4.88. The number of hydrogen-bond acceptors (Lipinski definition) is 3. The van der Waals surface area contributed by atoms with Crippen LogP contribution in [0.4, 0.5) is 0 Å². The summed E-state index contributed by atoms with van der Waals surface area (Å²) in [4.78, 5) is 15.0. The van der Waals surface area contributed by atoms with Crippen LogP contribution in [0.3, 0.4) is 0 Å². The van der Waals surface area contributed by atoms with E-state index in [1.807, 2.05) is 20.2 Å². The molecule has 1 atom stereocenters. The Kier molecular flexibility index (Phi) is 3.29. The first-order valence-electron chi connectivity index (χ1n) is 6.62. The number of amides is 1. The predicted octanol–water partition coefficient (Wildman–Crippen LogP) is 2.68. The average molecular weight is 274 g/mol. The zero-order valence-corrected chi connectivity index (χ0v) is 12.1. The van der Waals surface area contributed by atoms with Gasteiger partial charge in [-0.25, -0.2) is 0 Å². The van der Waals surface area contributed by atoms with Crippen LogP contribution in [-0.4, -0.2) is 38.0 Å². The van der Waals surface area contributed by atoms with E-state index >= 15 is 0 Å². The van der Waals surface area contributed by atoms with E-state index in [-0.39, 0.29) is 5.91 Å². The van der Waals surface area contributed by atoms with Crippen molar-refractivity contribution in [2.45, 2.75) is 12.3 Å². The quantitative estimate of drug-likeness (QED) is 0.913. The van der Waals surface area contributed by atoms with Gasteiger partial charge in [-0.2, -0.15) is 0 Å². The molecule has 1 amide bonds. The highest BCUT2D eigenvalue weighted by atomic mass is 32.1. The van der Waals surface area contributed by atoms with E-state index < -0.39 is 0 Å². The third-order valence-electron chi connectivity index (χ3n) is 3.70. The van der Waals surface area contributed by atoms with Gasteiger partial charge in [0.25, 0.3) is 5.91 Å². The first-order valence-corrected chi connectivity index (χ1v) is 7.44. The van der Waals surface area contributed by atoms with E-state index in [4.69, 9.17) is 0 Å². The number of nitrogens with one attached hydrogen (secondary N) is 1. The molecule has 2 heterocycles. The van der Waals surface area contributed by atoms with Crippen LogP contribution in [0.15, 0.2) is 24.3 Å². The molecule has 1 aliphatic rings. The van der Waals surface area contributed by atoms with Crippen molar-refractivity contribution in [2.24, 2.45) is 0 Å². The lowest BCUT2D eigenvalue weighted by Gasteiger charge is -2.14. The predicted molar refractivity (Wildman–Crippen MR) is 80.1 cm³/mol. The smallest absolute Gasteiger partial charge is 0.263 e. The van der Waals surface area contributed by atoms with Crippen LogP contribution >= 0.6 is 11.3 Å². The van der Waals surface area contributed by atoms with Crippen LogP contribution in [0.2, 0.25) is 0 Å². The summed E-state index contributed by atoms with van der Waals surface area (Å²) in [5.74, 6) is 0.596. The van der Waals surface area contributed by atoms with Gasteiger partial charge in [-0.15, -0.1) is 11.3 Å². The maximum Gasteiger partial charge on any atom is 0.263 e. The highest BCUT2D eigenvalue weighted by molar-refractivity contribution is 7.21. The Labute approximate surface area is 117 Å². The number of nitrogens with zero attached hydrogens (tertiary/aromatic N) is 1. The average Bonchev–Trinajstić information content (AvgIpc) is 3.03. The Morgan fingerprint density at radius 1 is 1.37 bits per heavy atom. The van der Waals surface area contributed by atoms with E-state index in [1.54, 1.807) is 16.2 Å². The largest absolute Gasteiger partial charge is 0.344 e. The molecule has 3 rings (SSSR count). The maximum atomic E-state index is 12.4. The SMILES string of the molecule is CN(C)C(=O)c1sc2ccccc2c1[C@@H]1CCNC1. The lowest BCUT2D eigenvalue weighted by atomic mass is 9.95. The minimum absolute atomic E-state index is 0.128. The Bertz CT molecular complexity index is 612. The Balaban J connectivity index is 2.19. The molecule has 100 valence electrons. The number of rotatable bonds is 2. The molecule has 1 fully saturated rings. The van der Waals surface area contributed by atoms with Gasteiger partial charge in [0.15, 0.2) is 0 Å². The van der Waals surface area contributed by atoms with Crippen molar-refractivity contribution in [1.82, 2.24) is 10.2 Å². The standard InChI is InChI=1S/C15H18N2OS/c1-17(2)15(18)14-13(10-7-8-16-9-10)11-5-3-4-6-12(11)19-14/h3-6,10,16H,7-9H2,1-2H3/t10-/m1/s1. The number of benzene rings is 1. The fourth-order valence-corrected chi connectivity index (χ4v) is 4.04. The lowest BCUT2D eigenvalue weighted by Crippen LogP contribution is -2.22. The van der Waals surface area contributed by atoms with Gasteiger partial charge in [0.1, 0.15) is 0 Å². The van der Waals surface area contributed by atoms with Crippen molar-refractivity contribution >= 4 is 27.3 Å². The molecule has 3 nitrogen and oxygen atoms in total. The van der Waals surface area contributed by atoms with Crippen molar-refractivity contribution < 1.29 is 4.79 Å². The van der Waals surface area contributed by atoms with Gasteiger partial charge in [0.2, 0.25) is 0 Å². The van der Waals surface area contributed by atoms with Gasteiger partial charge in [0.05, 0.1) is 4.88 Å². The van der Waals surface area contributed by atoms with Crippen LogP contribution < -0.4 is 5.32 Å². The Morgan fingerprint density at radius 3 is 2.84 bits per heavy atom. The van der Waals surface area contributed by atoms with Crippen LogP contribution in [0.1, 0.15) is 27.6 Å². The summed E-state index contributed by atoms with van der Waals surface area (Å²) in [7, 11) is 3.65. The first kappa shape index (κ1) is 12.6. The summed E-state index contributed by atoms with van der Waals surface area (Å²) >= 11 is 1.63. The van der Waals surface area contributed by atoms with Crippen molar-refractivity contribution in [3.63, 3.8) is 0 Å². The highest BCUT2D eigenvalue weighted by Crippen LogP contribution is 2.38. The molecule has 19 heavy (non-hydrogen) atoms. The molecule has 1 N–H and O–H groups in total. The summed E-state index contributed by atoms with van der Waals surface area (Å²) < 4.78 is 1.22. The van der Waals surface area contributed by atoms with Gasteiger partial charge in [-0.1, -0.05) is 18.2 Å². The molecule has 0 bridgehead atoms. The molecule has 0 radical (unpaired) electrons. The fourth-order valence-electron chi connectivity index (χ4n) is 2.73. The van der Waals surface area contributed by atoms with Crippen molar-refractivity contribution in [3.8, 4) is 0 Å². The lowest BCUT2D eigenvalue weighted by molar-refractivity contribution is 0.0831. The Hall–Kier alpha value is -1.39. The van der Waals surface area contributed by atoms with Crippen molar-refractivity contribution in [3.05, 3.63) is 34.7 Å². The number of carbonyl (C=O) groups excluding carboxylic acids is 1. The van der Waals surface area contributed by atoms with Gasteiger partial charge in [-0.3, -0.25) is 4.79 Å². The summed E-state index contributed by atoms with van der Waals surface area (Å²) in [6, 6.07) is 8.36.